The van der Waals surface area contributed by atoms with Crippen LogP contribution in [0.1, 0.15) is 26.0 Å². The molecule has 0 aliphatic carbocycles. The molecule has 0 amide bonds. The van der Waals surface area contributed by atoms with Crippen LogP contribution >= 0.6 is 0 Å². The number of rotatable bonds is 6. The van der Waals surface area contributed by atoms with Gasteiger partial charge in [0.05, 0.1) is 12.6 Å². The van der Waals surface area contributed by atoms with Crippen LogP contribution < -0.4 is 5.32 Å². The zero-order valence-electron chi connectivity index (χ0n) is 11.3. The minimum Gasteiger partial charge on any atom is -0.460 e. The summed E-state index contributed by atoms with van der Waals surface area (Å²) in [4.78, 5) is 0. The van der Waals surface area contributed by atoms with Gasteiger partial charge in [-0.05, 0) is 30.2 Å². The summed E-state index contributed by atoms with van der Waals surface area (Å²) in [6.45, 7) is 5.14. The molecular formula is C15H20FNO2. The topological polar surface area (TPSA) is 45.4 Å². The van der Waals surface area contributed by atoms with Crippen molar-refractivity contribution in [3.63, 3.8) is 0 Å². The van der Waals surface area contributed by atoms with E-state index >= 15 is 0 Å². The van der Waals surface area contributed by atoms with Gasteiger partial charge in [0.25, 0.3) is 0 Å². The van der Waals surface area contributed by atoms with E-state index in [0.29, 0.717) is 18.7 Å². The van der Waals surface area contributed by atoms with Gasteiger partial charge in [0.15, 0.2) is 0 Å². The second-order valence-corrected chi connectivity index (χ2v) is 4.98. The Hall–Kier alpha value is -1.39. The Morgan fingerprint density at radius 2 is 2.16 bits per heavy atom. The molecule has 2 unspecified atom stereocenters. The summed E-state index contributed by atoms with van der Waals surface area (Å²) in [6, 6.07) is 6.29. The van der Waals surface area contributed by atoms with Gasteiger partial charge in [-0.3, -0.25) is 0 Å². The number of halogens is 1. The molecule has 0 aliphatic heterocycles. The molecule has 0 aliphatic rings. The minimum absolute atomic E-state index is 0.264. The van der Waals surface area contributed by atoms with Crippen LogP contribution in [0.3, 0.4) is 0 Å². The monoisotopic (exact) mass is 265 g/mol. The van der Waals surface area contributed by atoms with Crippen LogP contribution in [0.4, 0.5) is 4.39 Å². The Morgan fingerprint density at radius 3 is 2.89 bits per heavy atom. The molecule has 4 heteroatoms. The van der Waals surface area contributed by atoms with Gasteiger partial charge in [-0.15, -0.1) is 0 Å². The molecule has 0 bridgehead atoms. The van der Waals surface area contributed by atoms with Crippen LogP contribution in [0, 0.1) is 11.7 Å². The highest BCUT2D eigenvalue weighted by Gasteiger charge is 2.12. The maximum Gasteiger partial charge on any atom is 0.134 e. The number of hydrogen-bond donors (Lipinski definition) is 2. The van der Waals surface area contributed by atoms with Gasteiger partial charge in [0, 0.05) is 11.9 Å². The van der Waals surface area contributed by atoms with E-state index in [4.69, 9.17) is 4.42 Å². The molecule has 1 heterocycles. The number of furan rings is 1. The Labute approximate surface area is 112 Å². The Morgan fingerprint density at radius 1 is 1.37 bits per heavy atom. The highest BCUT2D eigenvalue weighted by molar-refractivity contribution is 5.77. The number of aliphatic hydroxyl groups is 1. The summed E-state index contributed by atoms with van der Waals surface area (Å²) < 4.78 is 18.6. The van der Waals surface area contributed by atoms with E-state index in [1.807, 2.05) is 13.0 Å². The highest BCUT2D eigenvalue weighted by Crippen LogP contribution is 2.20. The van der Waals surface area contributed by atoms with E-state index in [9.17, 15) is 9.50 Å². The SMILES string of the molecule is CCC(C)C(O)CNCc1cc2cc(F)ccc2o1. The molecular weight excluding hydrogens is 245 g/mol. The van der Waals surface area contributed by atoms with Crippen molar-refractivity contribution in [2.45, 2.75) is 32.9 Å². The lowest BCUT2D eigenvalue weighted by Crippen LogP contribution is -2.31. The first-order valence-electron chi connectivity index (χ1n) is 6.67. The van der Waals surface area contributed by atoms with Crippen molar-refractivity contribution in [1.82, 2.24) is 5.32 Å². The van der Waals surface area contributed by atoms with Gasteiger partial charge < -0.3 is 14.8 Å². The molecule has 2 aromatic rings. The molecule has 0 radical (unpaired) electrons. The molecule has 2 rings (SSSR count). The third kappa shape index (κ3) is 3.55. The van der Waals surface area contributed by atoms with Crippen LogP contribution in [0.2, 0.25) is 0 Å². The van der Waals surface area contributed by atoms with Gasteiger partial charge in [0.2, 0.25) is 0 Å². The van der Waals surface area contributed by atoms with E-state index in [-0.39, 0.29) is 17.8 Å². The molecule has 1 aromatic heterocycles. The smallest absolute Gasteiger partial charge is 0.134 e. The molecule has 2 N–H and O–H groups in total. The van der Waals surface area contributed by atoms with E-state index in [1.165, 1.54) is 12.1 Å². The molecule has 19 heavy (non-hydrogen) atoms. The summed E-state index contributed by atoms with van der Waals surface area (Å²) in [6.07, 6.45) is 0.596. The molecule has 0 saturated carbocycles. The van der Waals surface area contributed by atoms with Gasteiger partial charge in [-0.2, -0.15) is 0 Å². The van der Waals surface area contributed by atoms with Crippen molar-refractivity contribution in [3.8, 4) is 0 Å². The van der Waals surface area contributed by atoms with Crippen molar-refractivity contribution in [2.24, 2.45) is 5.92 Å². The highest BCUT2D eigenvalue weighted by atomic mass is 19.1. The number of benzene rings is 1. The Kier molecular flexibility index (Phi) is 4.56. The lowest BCUT2D eigenvalue weighted by atomic mass is 10.0. The first-order valence-corrected chi connectivity index (χ1v) is 6.67. The lowest BCUT2D eigenvalue weighted by Gasteiger charge is -2.17. The average Bonchev–Trinajstić information content (AvgIpc) is 2.79. The minimum atomic E-state index is -0.355. The zero-order chi connectivity index (χ0) is 13.8. The fraction of sp³-hybridized carbons (Fsp3) is 0.467. The largest absolute Gasteiger partial charge is 0.460 e. The average molecular weight is 265 g/mol. The van der Waals surface area contributed by atoms with Gasteiger partial charge in [-0.25, -0.2) is 4.39 Å². The van der Waals surface area contributed by atoms with Crippen LogP contribution in [0.15, 0.2) is 28.7 Å². The fourth-order valence-corrected chi connectivity index (χ4v) is 1.97. The lowest BCUT2D eigenvalue weighted by molar-refractivity contribution is 0.112. The van der Waals surface area contributed by atoms with E-state index < -0.39 is 0 Å². The summed E-state index contributed by atoms with van der Waals surface area (Å²) in [5.74, 6) is 0.759. The fourth-order valence-electron chi connectivity index (χ4n) is 1.97. The first kappa shape index (κ1) is 14.0. The Balaban J connectivity index is 1.91. The van der Waals surface area contributed by atoms with Gasteiger partial charge >= 0.3 is 0 Å². The predicted molar refractivity (Wildman–Crippen MR) is 73.3 cm³/mol. The second-order valence-electron chi connectivity index (χ2n) is 4.98. The summed E-state index contributed by atoms with van der Waals surface area (Å²) >= 11 is 0. The van der Waals surface area contributed by atoms with Crippen molar-refractivity contribution < 1.29 is 13.9 Å². The van der Waals surface area contributed by atoms with Crippen LogP contribution in [-0.4, -0.2) is 17.8 Å². The summed E-state index contributed by atoms with van der Waals surface area (Å²) in [5, 5.41) is 13.7. The van der Waals surface area contributed by atoms with Gasteiger partial charge in [0.1, 0.15) is 17.2 Å². The summed E-state index contributed by atoms with van der Waals surface area (Å²) in [7, 11) is 0. The normalized spacial score (nSPS) is 14.7. The molecule has 2 atom stereocenters. The van der Waals surface area contributed by atoms with Gasteiger partial charge in [-0.1, -0.05) is 20.3 Å². The maximum absolute atomic E-state index is 13.0. The quantitative estimate of drug-likeness (QED) is 0.843. The molecule has 1 aromatic carbocycles. The third-order valence-corrected chi connectivity index (χ3v) is 3.48. The first-order chi connectivity index (χ1) is 9.10. The van der Waals surface area contributed by atoms with Crippen LogP contribution in [0.25, 0.3) is 11.0 Å². The van der Waals surface area contributed by atoms with Crippen LogP contribution in [0.5, 0.6) is 0 Å². The third-order valence-electron chi connectivity index (χ3n) is 3.48. The van der Waals surface area contributed by atoms with Crippen molar-refractivity contribution in [1.29, 1.82) is 0 Å². The zero-order valence-corrected chi connectivity index (χ0v) is 11.3. The second kappa shape index (κ2) is 6.17. The number of aliphatic hydroxyl groups excluding tert-OH is 1. The van der Waals surface area contributed by atoms with Crippen molar-refractivity contribution in [2.75, 3.05) is 6.54 Å². The number of fused-ring (bicyclic) bond motifs is 1. The maximum atomic E-state index is 13.0. The Bertz CT molecular complexity index is 538. The summed E-state index contributed by atoms with van der Waals surface area (Å²) in [5.41, 5.74) is 0.681. The molecule has 0 saturated heterocycles. The van der Waals surface area contributed by atoms with E-state index in [0.717, 1.165) is 17.6 Å². The molecule has 104 valence electrons. The molecule has 3 nitrogen and oxygen atoms in total. The van der Waals surface area contributed by atoms with E-state index in [2.05, 4.69) is 12.2 Å². The van der Waals surface area contributed by atoms with Crippen molar-refractivity contribution in [3.05, 3.63) is 35.8 Å². The van der Waals surface area contributed by atoms with Crippen LogP contribution in [-0.2, 0) is 6.54 Å². The molecule has 0 fully saturated rings. The predicted octanol–water partition coefficient (Wildman–Crippen LogP) is 3.07. The molecule has 0 spiro atoms. The number of hydrogen-bond acceptors (Lipinski definition) is 3. The van der Waals surface area contributed by atoms with E-state index in [1.54, 1.807) is 6.07 Å². The van der Waals surface area contributed by atoms with Crippen molar-refractivity contribution >= 4 is 11.0 Å². The standard InChI is InChI=1S/C15H20FNO2/c1-3-10(2)14(18)9-17-8-13-7-11-6-12(16)4-5-15(11)19-13/h4-7,10,14,17-18H,3,8-9H2,1-2H3. The number of nitrogens with one attached hydrogen (secondary N) is 1.